The smallest absolute Gasteiger partial charge is 0.245 e. The van der Waals surface area contributed by atoms with Gasteiger partial charge < -0.3 is 34.5 Å². The highest BCUT2D eigenvalue weighted by molar-refractivity contribution is 5.87. The molecule has 0 unspecified atom stereocenters. The van der Waals surface area contributed by atoms with Gasteiger partial charge in [-0.15, -0.1) is 0 Å². The molecular weight excluding hydrogens is 490 g/mol. The summed E-state index contributed by atoms with van der Waals surface area (Å²) in [4.78, 5) is 39.8. The first-order valence-electron chi connectivity index (χ1n) is 14.5. The van der Waals surface area contributed by atoms with Crippen molar-refractivity contribution in [2.24, 2.45) is 0 Å². The molecule has 10 nitrogen and oxygen atoms in total. The number of carbonyl (C=O) groups is 3. The molecule has 0 saturated carbocycles. The van der Waals surface area contributed by atoms with E-state index >= 15 is 0 Å². The second-order valence-corrected chi connectivity index (χ2v) is 9.42. The third-order valence-corrected chi connectivity index (χ3v) is 6.08. The first-order valence-corrected chi connectivity index (χ1v) is 14.5. The number of ether oxygens (including phenoxy) is 4. The second-order valence-electron chi connectivity index (χ2n) is 9.42. The van der Waals surface area contributed by atoms with E-state index in [9.17, 15) is 14.4 Å². The number of rotatable bonds is 27. The molecule has 0 radical (unpaired) electrons. The van der Waals surface area contributed by atoms with Gasteiger partial charge in [-0.05, 0) is 32.1 Å². The molecule has 0 saturated heterocycles. The average Bonchev–Trinajstić information content (AvgIpc) is 2.90. The van der Waals surface area contributed by atoms with Gasteiger partial charge >= 0.3 is 0 Å². The van der Waals surface area contributed by atoms with Crippen LogP contribution >= 0.6 is 0 Å². The van der Waals surface area contributed by atoms with E-state index in [1.807, 2.05) is 0 Å². The van der Waals surface area contributed by atoms with Crippen LogP contribution in [-0.4, -0.2) is 102 Å². The lowest BCUT2D eigenvalue weighted by molar-refractivity contribution is -0.138. The van der Waals surface area contributed by atoms with Crippen LogP contribution in [0.1, 0.15) is 84.5 Å². The fraction of sp³-hybridized carbons (Fsp3) is 0.893. The maximum absolute atomic E-state index is 13.5. The third kappa shape index (κ3) is 21.2. The van der Waals surface area contributed by atoms with E-state index in [1.54, 1.807) is 19.1 Å². The van der Waals surface area contributed by atoms with Crippen LogP contribution in [0.2, 0.25) is 0 Å². The van der Waals surface area contributed by atoms with Crippen LogP contribution in [0.15, 0.2) is 0 Å². The number of methoxy groups -OCH3 is 2. The zero-order valence-corrected chi connectivity index (χ0v) is 24.5. The van der Waals surface area contributed by atoms with Crippen molar-refractivity contribution in [3.05, 3.63) is 0 Å². The predicted octanol–water partition coefficient (Wildman–Crippen LogP) is 3.07. The number of carbonyl (C=O) groups excluding carboxylic acids is 3. The van der Waals surface area contributed by atoms with Gasteiger partial charge in [-0.25, -0.2) is 0 Å². The van der Waals surface area contributed by atoms with Crippen LogP contribution in [0.3, 0.4) is 0 Å². The molecule has 0 aliphatic rings. The largest absolute Gasteiger partial charge is 0.382 e. The summed E-state index contributed by atoms with van der Waals surface area (Å²) in [5, 5.41) is 5.93. The van der Waals surface area contributed by atoms with Gasteiger partial charge in [0.1, 0.15) is 6.04 Å². The Morgan fingerprint density at radius 2 is 1.24 bits per heavy atom. The lowest BCUT2D eigenvalue weighted by Gasteiger charge is -2.28. The highest BCUT2D eigenvalue weighted by Crippen LogP contribution is 2.08. The molecule has 224 valence electrons. The maximum atomic E-state index is 13.5. The Morgan fingerprint density at radius 3 is 1.76 bits per heavy atom. The van der Waals surface area contributed by atoms with Gasteiger partial charge in [-0.1, -0.05) is 39.5 Å². The molecule has 0 aromatic rings. The molecule has 10 heteroatoms. The molecule has 0 aromatic heterocycles. The minimum atomic E-state index is -0.623. The van der Waals surface area contributed by atoms with Crippen LogP contribution in [0.25, 0.3) is 0 Å². The number of amides is 3. The molecular formula is C28H55N3O7. The SMILES string of the molecule is CCCCCC(=O)NCCCC[C@H](NC(=O)CCCCC)C(=O)N(CCOCCOC)CCOCCOC. The number of nitrogens with one attached hydrogen (secondary N) is 2. The topological polar surface area (TPSA) is 115 Å². The van der Waals surface area contributed by atoms with E-state index < -0.39 is 6.04 Å². The van der Waals surface area contributed by atoms with E-state index in [1.165, 1.54) is 0 Å². The van der Waals surface area contributed by atoms with Crippen LogP contribution < -0.4 is 10.6 Å². The maximum Gasteiger partial charge on any atom is 0.245 e. The lowest BCUT2D eigenvalue weighted by atomic mass is 10.1. The van der Waals surface area contributed by atoms with Crippen LogP contribution in [-0.2, 0) is 33.3 Å². The predicted molar refractivity (Wildman–Crippen MR) is 149 cm³/mol. The van der Waals surface area contributed by atoms with Gasteiger partial charge in [0.05, 0.1) is 39.6 Å². The molecule has 0 fully saturated rings. The number of nitrogens with zero attached hydrogens (tertiary/aromatic N) is 1. The number of hydrogen-bond donors (Lipinski definition) is 2. The normalized spacial score (nSPS) is 11.8. The van der Waals surface area contributed by atoms with E-state index in [-0.39, 0.29) is 17.7 Å². The van der Waals surface area contributed by atoms with Gasteiger partial charge in [0.2, 0.25) is 17.7 Å². The van der Waals surface area contributed by atoms with E-state index in [0.29, 0.717) is 85.0 Å². The van der Waals surface area contributed by atoms with Crippen molar-refractivity contribution >= 4 is 17.7 Å². The van der Waals surface area contributed by atoms with Crippen molar-refractivity contribution in [1.82, 2.24) is 15.5 Å². The van der Waals surface area contributed by atoms with Crippen LogP contribution in [0.4, 0.5) is 0 Å². The number of hydrogen-bond acceptors (Lipinski definition) is 7. The summed E-state index contributed by atoms with van der Waals surface area (Å²) in [7, 11) is 3.23. The molecule has 1 atom stereocenters. The standard InChI is InChI=1S/C28H55N3O7/c1-5-7-9-14-26(32)29-16-12-11-13-25(30-27(33)15-10-8-6-2)28(34)31(17-19-37-23-21-35-3)18-20-38-24-22-36-4/h25H,5-24H2,1-4H3,(H,29,32)(H,30,33)/t25-/m0/s1. The van der Waals surface area contributed by atoms with Crippen molar-refractivity contribution in [3.63, 3.8) is 0 Å². The second kappa shape index (κ2) is 26.8. The summed E-state index contributed by atoms with van der Waals surface area (Å²) in [6.45, 7) is 8.17. The Morgan fingerprint density at radius 1 is 0.684 bits per heavy atom. The van der Waals surface area contributed by atoms with Crippen molar-refractivity contribution in [2.75, 3.05) is 73.5 Å². The highest BCUT2D eigenvalue weighted by Gasteiger charge is 2.25. The Labute approximate surface area is 230 Å². The zero-order valence-electron chi connectivity index (χ0n) is 24.5. The van der Waals surface area contributed by atoms with Crippen molar-refractivity contribution in [3.8, 4) is 0 Å². The van der Waals surface area contributed by atoms with E-state index in [4.69, 9.17) is 18.9 Å². The summed E-state index contributed by atoms with van der Waals surface area (Å²) in [5.74, 6) is -0.166. The average molecular weight is 546 g/mol. The van der Waals surface area contributed by atoms with Crippen molar-refractivity contribution in [1.29, 1.82) is 0 Å². The Balaban J connectivity index is 5.00. The molecule has 0 bridgehead atoms. The van der Waals surface area contributed by atoms with Gasteiger partial charge in [-0.2, -0.15) is 0 Å². The third-order valence-electron chi connectivity index (χ3n) is 6.08. The van der Waals surface area contributed by atoms with Crippen LogP contribution in [0.5, 0.6) is 0 Å². The molecule has 3 amide bonds. The molecule has 2 N–H and O–H groups in total. The Hall–Kier alpha value is -1.75. The monoisotopic (exact) mass is 545 g/mol. The minimum absolute atomic E-state index is 0.0726. The fourth-order valence-electron chi connectivity index (χ4n) is 3.78. The summed E-state index contributed by atoms with van der Waals surface area (Å²) in [6, 6.07) is -0.623. The molecule has 0 aromatic carbocycles. The van der Waals surface area contributed by atoms with Gasteiger partial charge in [0.25, 0.3) is 0 Å². The van der Waals surface area contributed by atoms with E-state index in [2.05, 4.69) is 24.5 Å². The summed E-state index contributed by atoms with van der Waals surface area (Å²) >= 11 is 0. The zero-order chi connectivity index (χ0) is 28.3. The molecule has 0 aliphatic heterocycles. The summed E-state index contributed by atoms with van der Waals surface area (Å²) in [6.07, 6.45) is 8.79. The molecule has 0 spiro atoms. The quantitative estimate of drug-likeness (QED) is 0.152. The minimum Gasteiger partial charge on any atom is -0.382 e. The van der Waals surface area contributed by atoms with E-state index in [0.717, 1.165) is 44.9 Å². The first-order chi connectivity index (χ1) is 18.5. The lowest BCUT2D eigenvalue weighted by Crippen LogP contribution is -2.50. The molecule has 0 aliphatic carbocycles. The Kier molecular flexibility index (Phi) is 25.6. The summed E-state index contributed by atoms with van der Waals surface area (Å²) < 4.78 is 21.2. The molecule has 0 rings (SSSR count). The van der Waals surface area contributed by atoms with Crippen molar-refractivity contribution in [2.45, 2.75) is 90.5 Å². The summed E-state index contributed by atoms with van der Waals surface area (Å²) in [5.41, 5.74) is 0. The van der Waals surface area contributed by atoms with Gasteiger partial charge in [-0.3, -0.25) is 14.4 Å². The van der Waals surface area contributed by atoms with Gasteiger partial charge in [0, 0.05) is 46.7 Å². The number of unbranched alkanes of at least 4 members (excludes halogenated alkanes) is 5. The Bertz CT molecular complexity index is 579. The van der Waals surface area contributed by atoms with Crippen molar-refractivity contribution < 1.29 is 33.3 Å². The fourth-order valence-corrected chi connectivity index (χ4v) is 3.78. The first kappa shape index (κ1) is 36.2. The molecule has 0 heterocycles. The highest BCUT2D eigenvalue weighted by atomic mass is 16.5. The molecule has 38 heavy (non-hydrogen) atoms. The van der Waals surface area contributed by atoms with Gasteiger partial charge in [0.15, 0.2) is 0 Å². The van der Waals surface area contributed by atoms with Crippen LogP contribution in [0, 0.1) is 0 Å².